The molecule has 0 atom stereocenters. The molecule has 32 heavy (non-hydrogen) atoms. The number of nitrogens with zero attached hydrogens (tertiary/aromatic N) is 2. The van der Waals surface area contributed by atoms with Gasteiger partial charge in [0.05, 0.1) is 16.7 Å². The highest BCUT2D eigenvalue weighted by molar-refractivity contribution is 5.98. The van der Waals surface area contributed by atoms with Crippen LogP contribution in [0.5, 0.6) is 0 Å². The summed E-state index contributed by atoms with van der Waals surface area (Å²) in [6.07, 6.45) is 6.19. The number of rotatable bonds is 3. The first kappa shape index (κ1) is 18.5. The molecule has 0 radical (unpaired) electrons. The van der Waals surface area contributed by atoms with Gasteiger partial charge in [0.25, 0.3) is 0 Å². The van der Waals surface area contributed by atoms with E-state index in [2.05, 4.69) is 114 Å². The minimum atomic E-state index is 0.938. The number of benzene rings is 4. The third-order valence-corrected chi connectivity index (χ3v) is 5.93. The number of hydrogen-bond acceptors (Lipinski definition) is 2. The second-order valence-electron chi connectivity index (χ2n) is 7.90. The molecule has 2 heterocycles. The lowest BCUT2D eigenvalue weighted by atomic mass is 10.0. The van der Waals surface area contributed by atoms with E-state index in [0.29, 0.717) is 0 Å². The van der Waals surface area contributed by atoms with E-state index in [1.54, 1.807) is 0 Å². The highest BCUT2D eigenvalue weighted by Crippen LogP contribution is 2.29. The number of aromatic nitrogens is 2. The maximum Gasteiger partial charge on any atom is 0.0795 e. The lowest BCUT2D eigenvalue weighted by Crippen LogP contribution is -1.90. The number of para-hydroxylation sites is 2. The topological polar surface area (TPSA) is 25.8 Å². The van der Waals surface area contributed by atoms with Gasteiger partial charge in [0.2, 0.25) is 0 Å². The van der Waals surface area contributed by atoms with Crippen LogP contribution in [0, 0.1) is 0 Å². The van der Waals surface area contributed by atoms with Gasteiger partial charge in [-0.3, -0.25) is 4.98 Å². The third-order valence-electron chi connectivity index (χ3n) is 5.93. The van der Waals surface area contributed by atoms with Crippen molar-refractivity contribution in [3.8, 4) is 11.3 Å². The minimum Gasteiger partial charge on any atom is -0.256 e. The summed E-state index contributed by atoms with van der Waals surface area (Å²) >= 11 is 0. The smallest absolute Gasteiger partial charge is 0.0795 e. The molecular weight excluding hydrogens is 388 g/mol. The molecule has 0 aliphatic rings. The molecule has 0 fully saturated rings. The molecule has 6 rings (SSSR count). The fourth-order valence-corrected chi connectivity index (χ4v) is 4.34. The van der Waals surface area contributed by atoms with E-state index in [9.17, 15) is 0 Å². The standard InChI is InChI=1S/C30H20N2/c1-2-14-26-21(7-1)8-3-9-22(26)16-17-24-10-4-11-25-18-19-28(32-29(24)25)27-15-5-12-23-13-6-20-31-30(23)27/h1-20H. The van der Waals surface area contributed by atoms with Crippen molar-refractivity contribution >= 4 is 44.7 Å². The Labute approximate surface area is 186 Å². The van der Waals surface area contributed by atoms with Gasteiger partial charge in [-0.05, 0) is 28.5 Å². The van der Waals surface area contributed by atoms with Crippen molar-refractivity contribution in [2.24, 2.45) is 0 Å². The molecule has 0 bridgehead atoms. The highest BCUT2D eigenvalue weighted by atomic mass is 14.7. The third kappa shape index (κ3) is 3.23. The van der Waals surface area contributed by atoms with Gasteiger partial charge in [0, 0.05) is 28.1 Å². The average molecular weight is 409 g/mol. The van der Waals surface area contributed by atoms with Gasteiger partial charge in [-0.25, -0.2) is 4.98 Å². The van der Waals surface area contributed by atoms with Crippen LogP contribution in [0.4, 0.5) is 0 Å². The lowest BCUT2D eigenvalue weighted by Gasteiger charge is -2.08. The van der Waals surface area contributed by atoms with Gasteiger partial charge >= 0.3 is 0 Å². The van der Waals surface area contributed by atoms with Gasteiger partial charge in [-0.15, -0.1) is 0 Å². The van der Waals surface area contributed by atoms with Gasteiger partial charge in [-0.1, -0.05) is 103 Å². The monoisotopic (exact) mass is 408 g/mol. The molecule has 0 aliphatic heterocycles. The number of hydrogen-bond donors (Lipinski definition) is 0. The van der Waals surface area contributed by atoms with Crippen molar-refractivity contribution in [1.82, 2.24) is 9.97 Å². The van der Waals surface area contributed by atoms with Crippen LogP contribution in [0.2, 0.25) is 0 Å². The van der Waals surface area contributed by atoms with E-state index in [0.717, 1.165) is 38.6 Å². The highest BCUT2D eigenvalue weighted by Gasteiger charge is 2.08. The fourth-order valence-electron chi connectivity index (χ4n) is 4.34. The van der Waals surface area contributed by atoms with Crippen LogP contribution in [-0.2, 0) is 0 Å². The summed E-state index contributed by atoms with van der Waals surface area (Å²) < 4.78 is 0. The summed E-state index contributed by atoms with van der Waals surface area (Å²) in [5.74, 6) is 0. The van der Waals surface area contributed by atoms with E-state index in [1.165, 1.54) is 16.3 Å². The minimum absolute atomic E-state index is 0.938. The summed E-state index contributed by atoms with van der Waals surface area (Å²) in [6, 6.07) is 35.8. The first-order chi connectivity index (χ1) is 15.9. The first-order valence-electron chi connectivity index (χ1n) is 10.8. The Balaban J connectivity index is 1.49. The molecule has 0 aliphatic carbocycles. The maximum absolute atomic E-state index is 5.08. The molecule has 6 aromatic rings. The van der Waals surface area contributed by atoms with Crippen molar-refractivity contribution in [3.63, 3.8) is 0 Å². The zero-order valence-corrected chi connectivity index (χ0v) is 17.4. The molecule has 0 saturated carbocycles. The van der Waals surface area contributed by atoms with E-state index in [1.807, 2.05) is 12.3 Å². The lowest BCUT2D eigenvalue weighted by molar-refractivity contribution is 1.37. The van der Waals surface area contributed by atoms with E-state index in [-0.39, 0.29) is 0 Å². The molecular formula is C30H20N2. The summed E-state index contributed by atoms with van der Waals surface area (Å²) in [5.41, 5.74) is 6.27. The second-order valence-corrected chi connectivity index (χ2v) is 7.90. The van der Waals surface area contributed by atoms with Crippen molar-refractivity contribution in [1.29, 1.82) is 0 Å². The molecule has 0 amide bonds. The zero-order chi connectivity index (χ0) is 21.3. The Hall–Kier alpha value is -4.30. The Morgan fingerprint density at radius 2 is 1.19 bits per heavy atom. The predicted octanol–water partition coefficient (Wildman–Crippen LogP) is 7.77. The second kappa shape index (κ2) is 7.75. The quantitative estimate of drug-likeness (QED) is 0.279. The molecule has 4 aromatic carbocycles. The van der Waals surface area contributed by atoms with Crippen LogP contribution in [0.1, 0.15) is 11.1 Å². The Kier molecular flexibility index (Phi) is 4.47. The van der Waals surface area contributed by atoms with Crippen LogP contribution in [0.15, 0.2) is 109 Å². The van der Waals surface area contributed by atoms with Crippen LogP contribution in [0.25, 0.3) is 56.0 Å². The van der Waals surface area contributed by atoms with Crippen molar-refractivity contribution in [2.75, 3.05) is 0 Å². The normalized spacial score (nSPS) is 11.6. The number of pyridine rings is 2. The van der Waals surface area contributed by atoms with Gasteiger partial charge in [-0.2, -0.15) is 0 Å². The number of fused-ring (bicyclic) bond motifs is 3. The summed E-state index contributed by atoms with van der Waals surface area (Å²) in [4.78, 5) is 9.69. The van der Waals surface area contributed by atoms with Crippen LogP contribution in [-0.4, -0.2) is 9.97 Å². The molecule has 2 aromatic heterocycles. The molecule has 2 heteroatoms. The summed E-state index contributed by atoms with van der Waals surface area (Å²) in [7, 11) is 0. The maximum atomic E-state index is 5.08. The van der Waals surface area contributed by atoms with Crippen LogP contribution in [0.3, 0.4) is 0 Å². The Morgan fingerprint density at radius 3 is 2.12 bits per heavy atom. The van der Waals surface area contributed by atoms with E-state index < -0.39 is 0 Å². The largest absolute Gasteiger partial charge is 0.256 e. The molecule has 0 N–H and O–H groups in total. The SMILES string of the molecule is C(=Cc1cccc2ccc(-c3cccc4cccnc34)nc12)c1cccc2ccccc12. The van der Waals surface area contributed by atoms with Crippen molar-refractivity contribution in [3.05, 3.63) is 120 Å². The summed E-state index contributed by atoms with van der Waals surface area (Å²) in [5, 5.41) is 4.75. The molecule has 0 unspecified atom stereocenters. The van der Waals surface area contributed by atoms with Gasteiger partial charge in [0.1, 0.15) is 0 Å². The predicted molar refractivity (Wildman–Crippen MR) is 135 cm³/mol. The Bertz CT molecular complexity index is 1620. The van der Waals surface area contributed by atoms with Crippen molar-refractivity contribution < 1.29 is 0 Å². The van der Waals surface area contributed by atoms with Gasteiger partial charge in [0.15, 0.2) is 0 Å². The van der Waals surface area contributed by atoms with Crippen molar-refractivity contribution in [2.45, 2.75) is 0 Å². The molecule has 0 spiro atoms. The van der Waals surface area contributed by atoms with Crippen LogP contribution < -0.4 is 0 Å². The van der Waals surface area contributed by atoms with E-state index >= 15 is 0 Å². The zero-order valence-electron chi connectivity index (χ0n) is 17.4. The summed E-state index contributed by atoms with van der Waals surface area (Å²) in [6.45, 7) is 0. The first-order valence-corrected chi connectivity index (χ1v) is 10.8. The molecule has 150 valence electrons. The Morgan fingerprint density at radius 1 is 0.500 bits per heavy atom. The van der Waals surface area contributed by atoms with Gasteiger partial charge < -0.3 is 0 Å². The molecule has 2 nitrogen and oxygen atoms in total. The van der Waals surface area contributed by atoms with E-state index in [4.69, 9.17) is 4.98 Å². The fraction of sp³-hybridized carbons (Fsp3) is 0. The average Bonchev–Trinajstić information content (AvgIpc) is 2.87. The van der Waals surface area contributed by atoms with Crippen LogP contribution >= 0.6 is 0 Å². The molecule has 0 saturated heterocycles.